The van der Waals surface area contributed by atoms with Crippen LogP contribution in [0.2, 0.25) is 0 Å². The standard InChI is InChI=1S/C30H18O4.H2O/c31-27-21-15-7-9-17-23(21)33-29(19-11-3-1-4-12-19)25(27)26-28(32)22-16-8-10-18-24(22)34-30(26)20-13-5-2-6-14-20;/h1-18H;1H2. The highest BCUT2D eigenvalue weighted by molar-refractivity contribution is 5.96. The Hall–Kier alpha value is -4.74. The van der Waals surface area contributed by atoms with Crippen LogP contribution in [0.3, 0.4) is 0 Å². The van der Waals surface area contributed by atoms with E-state index in [1.807, 2.05) is 72.8 Å². The normalized spacial score (nSPS) is 10.9. The number of hydrogen-bond acceptors (Lipinski definition) is 4. The molecule has 2 heterocycles. The van der Waals surface area contributed by atoms with Gasteiger partial charge in [0.05, 0.1) is 21.9 Å². The summed E-state index contributed by atoms with van der Waals surface area (Å²) in [6, 6.07) is 32.9. The Bertz CT molecular complexity index is 1650. The number of fused-ring (bicyclic) bond motifs is 2. The minimum Gasteiger partial charge on any atom is -0.455 e. The highest BCUT2D eigenvalue weighted by Crippen LogP contribution is 2.37. The fraction of sp³-hybridized carbons (Fsp3) is 0. The first-order valence-electron chi connectivity index (χ1n) is 11.0. The second kappa shape index (κ2) is 8.89. The highest BCUT2D eigenvalue weighted by Gasteiger charge is 2.26. The second-order valence-electron chi connectivity index (χ2n) is 7.99. The van der Waals surface area contributed by atoms with Crippen LogP contribution < -0.4 is 10.9 Å². The summed E-state index contributed by atoms with van der Waals surface area (Å²) in [6.07, 6.45) is 0. The van der Waals surface area contributed by atoms with Crippen LogP contribution in [0.5, 0.6) is 0 Å². The summed E-state index contributed by atoms with van der Waals surface area (Å²) in [5.41, 5.74) is 2.16. The molecule has 0 fully saturated rings. The summed E-state index contributed by atoms with van der Waals surface area (Å²) in [5.74, 6) is 0.674. The molecule has 5 nitrogen and oxygen atoms in total. The SMILES string of the molecule is O.O=c1c(-c2c(-c3ccccc3)oc3ccccc3c2=O)c(-c2ccccc2)oc2ccccc12. The fourth-order valence-corrected chi connectivity index (χ4v) is 4.32. The van der Waals surface area contributed by atoms with Gasteiger partial charge in [0.15, 0.2) is 0 Å². The van der Waals surface area contributed by atoms with Gasteiger partial charge in [-0.15, -0.1) is 0 Å². The van der Waals surface area contributed by atoms with E-state index in [9.17, 15) is 9.59 Å². The Balaban J connectivity index is 0.00000253. The predicted octanol–water partition coefficient (Wildman–Crippen LogP) is 6.08. The van der Waals surface area contributed by atoms with Crippen LogP contribution in [0.25, 0.3) is 55.7 Å². The third-order valence-electron chi connectivity index (χ3n) is 5.92. The highest BCUT2D eigenvalue weighted by atomic mass is 16.3. The Morgan fingerprint density at radius 2 is 0.771 bits per heavy atom. The average molecular weight is 460 g/mol. The van der Waals surface area contributed by atoms with Gasteiger partial charge in [0, 0.05) is 11.1 Å². The summed E-state index contributed by atoms with van der Waals surface area (Å²) in [4.78, 5) is 27.9. The molecule has 0 amide bonds. The maximum absolute atomic E-state index is 14.0. The van der Waals surface area contributed by atoms with E-state index in [4.69, 9.17) is 8.83 Å². The Morgan fingerprint density at radius 1 is 0.429 bits per heavy atom. The van der Waals surface area contributed by atoms with Crippen LogP contribution in [0.4, 0.5) is 0 Å². The fourth-order valence-electron chi connectivity index (χ4n) is 4.32. The van der Waals surface area contributed by atoms with Crippen molar-refractivity contribution in [1.82, 2.24) is 0 Å². The van der Waals surface area contributed by atoms with Gasteiger partial charge in [-0.3, -0.25) is 9.59 Å². The van der Waals surface area contributed by atoms with Crippen LogP contribution in [0.1, 0.15) is 0 Å². The molecule has 6 rings (SSSR count). The van der Waals surface area contributed by atoms with Gasteiger partial charge in [-0.2, -0.15) is 0 Å². The van der Waals surface area contributed by atoms with E-state index in [0.717, 1.165) is 0 Å². The van der Waals surface area contributed by atoms with E-state index in [1.165, 1.54) is 0 Å². The molecular weight excluding hydrogens is 440 g/mol. The summed E-state index contributed by atoms with van der Waals surface area (Å²) in [5, 5.41) is 0.813. The van der Waals surface area contributed by atoms with Crippen LogP contribution in [-0.2, 0) is 0 Å². The van der Waals surface area contributed by atoms with E-state index in [1.54, 1.807) is 36.4 Å². The minimum absolute atomic E-state index is 0. The Labute approximate surface area is 199 Å². The molecule has 2 aromatic heterocycles. The zero-order valence-corrected chi connectivity index (χ0v) is 18.5. The van der Waals surface area contributed by atoms with E-state index >= 15 is 0 Å². The maximum atomic E-state index is 14.0. The molecule has 0 radical (unpaired) electrons. The largest absolute Gasteiger partial charge is 0.455 e. The van der Waals surface area contributed by atoms with Crippen molar-refractivity contribution in [3.63, 3.8) is 0 Å². The van der Waals surface area contributed by atoms with Gasteiger partial charge in [0.2, 0.25) is 10.9 Å². The van der Waals surface area contributed by atoms with Crippen molar-refractivity contribution in [2.45, 2.75) is 0 Å². The summed E-state index contributed by atoms with van der Waals surface area (Å²) in [6.45, 7) is 0. The third kappa shape index (κ3) is 3.64. The molecule has 4 aromatic carbocycles. The summed E-state index contributed by atoms with van der Waals surface area (Å²) in [7, 11) is 0. The number of benzene rings is 4. The van der Waals surface area contributed by atoms with Crippen molar-refractivity contribution in [2.75, 3.05) is 0 Å². The molecule has 5 heteroatoms. The first kappa shape index (κ1) is 22.1. The molecule has 0 aliphatic carbocycles. The topological polar surface area (TPSA) is 91.9 Å². The molecular formula is C30H20O5. The van der Waals surface area contributed by atoms with Crippen molar-refractivity contribution in [3.8, 4) is 33.8 Å². The molecule has 0 aliphatic heterocycles. The Morgan fingerprint density at radius 3 is 1.17 bits per heavy atom. The molecule has 2 N–H and O–H groups in total. The molecule has 0 atom stereocenters. The zero-order valence-electron chi connectivity index (χ0n) is 18.5. The molecule has 0 bridgehead atoms. The number of para-hydroxylation sites is 2. The second-order valence-corrected chi connectivity index (χ2v) is 7.99. The van der Waals surface area contributed by atoms with Gasteiger partial charge in [0.25, 0.3) is 0 Å². The lowest BCUT2D eigenvalue weighted by Gasteiger charge is -2.14. The molecule has 0 saturated carbocycles. The van der Waals surface area contributed by atoms with E-state index < -0.39 is 0 Å². The maximum Gasteiger partial charge on any atom is 0.201 e. The van der Waals surface area contributed by atoms with Gasteiger partial charge in [-0.1, -0.05) is 84.9 Å². The summed E-state index contributed by atoms with van der Waals surface area (Å²) < 4.78 is 12.6. The van der Waals surface area contributed by atoms with Crippen LogP contribution in [0.15, 0.2) is 128 Å². The molecule has 35 heavy (non-hydrogen) atoms. The van der Waals surface area contributed by atoms with Crippen molar-refractivity contribution < 1.29 is 14.3 Å². The first-order chi connectivity index (χ1) is 16.7. The van der Waals surface area contributed by atoms with Crippen molar-refractivity contribution >= 4 is 21.9 Å². The van der Waals surface area contributed by atoms with Gasteiger partial charge in [0.1, 0.15) is 22.7 Å². The van der Waals surface area contributed by atoms with Crippen LogP contribution in [0, 0.1) is 0 Å². The molecule has 0 unspecified atom stereocenters. The van der Waals surface area contributed by atoms with E-state index in [0.29, 0.717) is 44.6 Å². The molecule has 6 aromatic rings. The molecule has 0 aliphatic rings. The molecule has 0 spiro atoms. The molecule has 0 saturated heterocycles. The lowest BCUT2D eigenvalue weighted by molar-refractivity contribution is 0.613. The monoisotopic (exact) mass is 460 g/mol. The van der Waals surface area contributed by atoms with Crippen LogP contribution in [-0.4, -0.2) is 5.48 Å². The Kier molecular flexibility index (Phi) is 5.61. The van der Waals surface area contributed by atoms with Crippen molar-refractivity contribution in [3.05, 3.63) is 130 Å². The van der Waals surface area contributed by atoms with Gasteiger partial charge < -0.3 is 14.3 Å². The molecule has 170 valence electrons. The quantitative estimate of drug-likeness (QED) is 0.320. The predicted molar refractivity (Wildman–Crippen MR) is 138 cm³/mol. The summed E-state index contributed by atoms with van der Waals surface area (Å²) >= 11 is 0. The zero-order chi connectivity index (χ0) is 23.1. The lowest BCUT2D eigenvalue weighted by atomic mass is 9.94. The van der Waals surface area contributed by atoms with Crippen LogP contribution >= 0.6 is 0 Å². The van der Waals surface area contributed by atoms with Gasteiger partial charge in [-0.25, -0.2) is 0 Å². The first-order valence-corrected chi connectivity index (χ1v) is 11.0. The lowest BCUT2D eigenvalue weighted by Crippen LogP contribution is -2.15. The van der Waals surface area contributed by atoms with E-state index in [-0.39, 0.29) is 27.5 Å². The number of hydrogen-bond donors (Lipinski definition) is 0. The van der Waals surface area contributed by atoms with Gasteiger partial charge >= 0.3 is 0 Å². The number of rotatable bonds is 3. The van der Waals surface area contributed by atoms with Crippen molar-refractivity contribution in [2.24, 2.45) is 0 Å². The minimum atomic E-state index is -0.277. The van der Waals surface area contributed by atoms with E-state index in [2.05, 4.69) is 0 Å². The van der Waals surface area contributed by atoms with Gasteiger partial charge in [-0.05, 0) is 24.3 Å². The average Bonchev–Trinajstić information content (AvgIpc) is 2.90. The third-order valence-corrected chi connectivity index (χ3v) is 5.92. The van der Waals surface area contributed by atoms with Crippen molar-refractivity contribution in [1.29, 1.82) is 0 Å². The smallest absolute Gasteiger partial charge is 0.201 e.